The maximum atomic E-state index is 12.6. The van der Waals surface area contributed by atoms with Crippen LogP contribution in [-0.4, -0.2) is 40.8 Å². The van der Waals surface area contributed by atoms with Gasteiger partial charge in [-0.15, -0.1) is 11.3 Å². The first-order valence-corrected chi connectivity index (χ1v) is 10.4. The van der Waals surface area contributed by atoms with E-state index in [2.05, 4.69) is 39.6 Å². The maximum absolute atomic E-state index is 12.6. The Morgan fingerprint density at radius 3 is 3.04 bits per heavy atom. The molecule has 1 saturated heterocycles. The zero-order valence-corrected chi connectivity index (χ0v) is 16.3. The van der Waals surface area contributed by atoms with Crippen LogP contribution < -0.4 is 10.6 Å². The molecule has 2 aliphatic rings. The molecule has 2 aromatic heterocycles. The molecule has 0 spiro atoms. The largest absolute Gasteiger partial charge is 0.354 e. The lowest BCUT2D eigenvalue weighted by Crippen LogP contribution is -2.40. The third-order valence-corrected chi connectivity index (χ3v) is 6.32. The molecule has 0 aliphatic carbocycles. The third-order valence-electron chi connectivity index (χ3n) is 5.30. The van der Waals surface area contributed by atoms with Crippen LogP contribution in [0.1, 0.15) is 45.4 Å². The molecule has 2 amide bonds. The number of fused-ring (bicyclic) bond motifs is 1. The summed E-state index contributed by atoms with van der Waals surface area (Å²) in [5.74, 6) is -0.208. The van der Waals surface area contributed by atoms with Crippen LogP contribution in [0.5, 0.6) is 0 Å². The Balaban J connectivity index is 1.40. The molecule has 7 heteroatoms. The zero-order valence-electron chi connectivity index (χ0n) is 15.5. The molecule has 1 fully saturated rings. The molecular weight excluding hydrogens is 360 g/mol. The Bertz CT molecular complexity index is 846. The molecule has 2 aromatic rings. The molecular formula is C20H24N4O2S. The summed E-state index contributed by atoms with van der Waals surface area (Å²) in [7, 11) is 0. The van der Waals surface area contributed by atoms with Crippen molar-refractivity contribution >= 4 is 23.2 Å². The Morgan fingerprint density at radius 1 is 1.44 bits per heavy atom. The Morgan fingerprint density at radius 2 is 2.33 bits per heavy atom. The fourth-order valence-corrected chi connectivity index (χ4v) is 4.78. The van der Waals surface area contributed by atoms with Crippen LogP contribution in [0.3, 0.4) is 0 Å². The van der Waals surface area contributed by atoms with E-state index >= 15 is 0 Å². The van der Waals surface area contributed by atoms with Crippen LogP contribution in [0.25, 0.3) is 0 Å². The third kappa shape index (κ3) is 3.89. The molecule has 0 saturated carbocycles. The van der Waals surface area contributed by atoms with E-state index in [0.717, 1.165) is 49.3 Å². The van der Waals surface area contributed by atoms with E-state index in [1.807, 2.05) is 11.6 Å². The monoisotopic (exact) mass is 384 g/mol. The average molecular weight is 385 g/mol. The second-order valence-corrected chi connectivity index (χ2v) is 8.09. The summed E-state index contributed by atoms with van der Waals surface area (Å²) < 4.78 is 0. The number of hydrogen-bond acceptors (Lipinski definition) is 5. The summed E-state index contributed by atoms with van der Waals surface area (Å²) >= 11 is 1.64. The summed E-state index contributed by atoms with van der Waals surface area (Å²) in [6.45, 7) is 5.34. The molecule has 6 nitrogen and oxygen atoms in total. The second-order valence-electron chi connectivity index (χ2n) is 7.13. The van der Waals surface area contributed by atoms with E-state index in [9.17, 15) is 9.59 Å². The van der Waals surface area contributed by atoms with Gasteiger partial charge in [0.25, 0.3) is 5.91 Å². The van der Waals surface area contributed by atoms with Gasteiger partial charge in [0.1, 0.15) is 6.04 Å². The summed E-state index contributed by atoms with van der Waals surface area (Å²) in [4.78, 5) is 32.5. The number of carbonyl (C=O) groups is 2. The standard InChI is InChI=1S/C20H24N4O2S/c1-2-13-3-4-14(22-9-13)10-24-8-6-15-16(12-27-18(15)11-24)19(25)23-17-5-7-21-20(17)26/h3-4,9,12,17H,2,5-8,10-11H2,1H3,(H,21,26)(H,23,25). The van der Waals surface area contributed by atoms with Gasteiger partial charge in [-0.1, -0.05) is 13.0 Å². The molecule has 2 aliphatic heterocycles. The first kappa shape index (κ1) is 18.1. The number of rotatable bonds is 5. The highest BCUT2D eigenvalue weighted by Crippen LogP contribution is 2.29. The van der Waals surface area contributed by atoms with Crippen molar-refractivity contribution in [2.45, 2.75) is 45.3 Å². The van der Waals surface area contributed by atoms with Crippen LogP contribution in [0.15, 0.2) is 23.7 Å². The minimum Gasteiger partial charge on any atom is -0.354 e. The number of thiophene rings is 1. The molecule has 2 N–H and O–H groups in total. The van der Waals surface area contributed by atoms with E-state index in [-0.39, 0.29) is 11.8 Å². The van der Waals surface area contributed by atoms with Gasteiger partial charge in [-0.05, 0) is 36.5 Å². The number of hydrogen-bond donors (Lipinski definition) is 2. The number of aryl methyl sites for hydroxylation is 1. The highest BCUT2D eigenvalue weighted by Gasteiger charge is 2.29. The van der Waals surface area contributed by atoms with Crippen LogP contribution in [-0.2, 0) is 30.7 Å². The van der Waals surface area contributed by atoms with Gasteiger partial charge in [0.15, 0.2) is 0 Å². The molecule has 4 rings (SSSR count). The fourth-order valence-electron chi connectivity index (χ4n) is 3.66. The van der Waals surface area contributed by atoms with Gasteiger partial charge in [-0.25, -0.2) is 0 Å². The summed E-state index contributed by atoms with van der Waals surface area (Å²) in [6.07, 6.45) is 4.47. The molecule has 4 heterocycles. The van der Waals surface area contributed by atoms with Gasteiger partial charge in [-0.3, -0.25) is 19.5 Å². The summed E-state index contributed by atoms with van der Waals surface area (Å²) in [5.41, 5.74) is 4.21. The number of pyridine rings is 1. The number of aromatic nitrogens is 1. The smallest absolute Gasteiger partial charge is 0.253 e. The van der Waals surface area contributed by atoms with Gasteiger partial charge in [0.05, 0.1) is 11.3 Å². The van der Waals surface area contributed by atoms with Crippen LogP contribution in [0.2, 0.25) is 0 Å². The lowest BCUT2D eigenvalue weighted by Gasteiger charge is -2.27. The van der Waals surface area contributed by atoms with Crippen molar-refractivity contribution in [2.75, 3.05) is 13.1 Å². The number of nitrogens with one attached hydrogen (secondary N) is 2. The summed E-state index contributed by atoms with van der Waals surface area (Å²) in [5, 5.41) is 7.57. The highest BCUT2D eigenvalue weighted by molar-refractivity contribution is 7.10. The van der Waals surface area contributed by atoms with Crippen LogP contribution in [0, 0.1) is 0 Å². The van der Waals surface area contributed by atoms with Crippen LogP contribution >= 0.6 is 11.3 Å². The molecule has 0 radical (unpaired) electrons. The van der Waals surface area contributed by atoms with Gasteiger partial charge in [0, 0.05) is 42.6 Å². The molecule has 27 heavy (non-hydrogen) atoms. The van der Waals surface area contributed by atoms with Crippen molar-refractivity contribution in [1.82, 2.24) is 20.5 Å². The predicted molar refractivity (Wildman–Crippen MR) is 105 cm³/mol. The van der Waals surface area contributed by atoms with Crippen molar-refractivity contribution in [2.24, 2.45) is 0 Å². The topological polar surface area (TPSA) is 74.3 Å². The van der Waals surface area contributed by atoms with Crippen molar-refractivity contribution in [3.05, 3.63) is 51.0 Å². The predicted octanol–water partition coefficient (Wildman–Crippen LogP) is 1.88. The van der Waals surface area contributed by atoms with Gasteiger partial charge >= 0.3 is 0 Å². The summed E-state index contributed by atoms with van der Waals surface area (Å²) in [6, 6.07) is 3.85. The Labute approximate surface area is 163 Å². The quantitative estimate of drug-likeness (QED) is 0.826. The molecule has 0 bridgehead atoms. The van der Waals surface area contributed by atoms with E-state index in [0.29, 0.717) is 13.0 Å². The fraction of sp³-hybridized carbons (Fsp3) is 0.450. The lowest BCUT2D eigenvalue weighted by atomic mass is 10.0. The zero-order chi connectivity index (χ0) is 18.8. The van der Waals surface area contributed by atoms with Crippen molar-refractivity contribution < 1.29 is 9.59 Å². The Kier molecular flexibility index (Phi) is 5.22. The van der Waals surface area contributed by atoms with E-state index in [1.54, 1.807) is 11.3 Å². The van der Waals surface area contributed by atoms with Crippen molar-refractivity contribution in [1.29, 1.82) is 0 Å². The minimum atomic E-state index is -0.398. The molecule has 1 atom stereocenters. The van der Waals surface area contributed by atoms with Gasteiger partial charge < -0.3 is 10.6 Å². The molecule has 142 valence electrons. The van der Waals surface area contributed by atoms with E-state index in [4.69, 9.17) is 0 Å². The molecule has 0 aromatic carbocycles. The van der Waals surface area contributed by atoms with Crippen LogP contribution in [0.4, 0.5) is 0 Å². The first-order chi connectivity index (χ1) is 13.1. The number of amides is 2. The molecule has 1 unspecified atom stereocenters. The average Bonchev–Trinajstić information content (AvgIpc) is 3.28. The maximum Gasteiger partial charge on any atom is 0.253 e. The second kappa shape index (κ2) is 7.78. The highest BCUT2D eigenvalue weighted by atomic mass is 32.1. The van der Waals surface area contributed by atoms with Gasteiger partial charge in [-0.2, -0.15) is 0 Å². The van der Waals surface area contributed by atoms with Crippen molar-refractivity contribution in [3.63, 3.8) is 0 Å². The van der Waals surface area contributed by atoms with Gasteiger partial charge in [0.2, 0.25) is 5.91 Å². The number of nitrogens with zero attached hydrogens (tertiary/aromatic N) is 2. The first-order valence-electron chi connectivity index (χ1n) is 9.48. The number of carbonyl (C=O) groups excluding carboxylic acids is 2. The minimum absolute atomic E-state index is 0.0831. The normalized spacial score (nSPS) is 19.6. The SMILES string of the molecule is CCc1ccc(CN2CCc3c(C(=O)NC4CCNC4=O)csc3C2)nc1. The Hall–Kier alpha value is -2.25. The van der Waals surface area contributed by atoms with Crippen molar-refractivity contribution in [3.8, 4) is 0 Å². The van der Waals surface area contributed by atoms with E-state index in [1.165, 1.54) is 10.4 Å². The lowest BCUT2D eigenvalue weighted by molar-refractivity contribution is -0.120. The van der Waals surface area contributed by atoms with E-state index < -0.39 is 6.04 Å².